The van der Waals surface area contributed by atoms with Crippen molar-refractivity contribution in [2.75, 3.05) is 27.3 Å². The predicted octanol–water partition coefficient (Wildman–Crippen LogP) is 3.13. The van der Waals surface area contributed by atoms with Crippen molar-refractivity contribution in [1.82, 2.24) is 10.6 Å². The van der Waals surface area contributed by atoms with E-state index < -0.39 is 0 Å². The van der Waals surface area contributed by atoms with Gasteiger partial charge in [-0.1, -0.05) is 18.2 Å². The van der Waals surface area contributed by atoms with Crippen molar-refractivity contribution in [2.24, 2.45) is 0 Å². The third-order valence-corrected chi connectivity index (χ3v) is 4.66. The van der Waals surface area contributed by atoms with Crippen LogP contribution in [-0.4, -0.2) is 33.2 Å². The summed E-state index contributed by atoms with van der Waals surface area (Å²) in [5.41, 5.74) is 2.77. The first-order valence-corrected chi connectivity index (χ1v) is 8.51. The molecule has 1 unspecified atom stereocenters. The number of carbonyl (C=O) groups excluding carboxylic acids is 1. The van der Waals surface area contributed by atoms with Gasteiger partial charge in [-0.15, -0.1) is 12.4 Å². The quantitative estimate of drug-likeness (QED) is 0.813. The summed E-state index contributed by atoms with van der Waals surface area (Å²) in [6, 6.07) is 13.5. The minimum absolute atomic E-state index is 0. The molecule has 1 fully saturated rings. The van der Waals surface area contributed by atoms with E-state index in [9.17, 15) is 4.79 Å². The number of halogens is 1. The zero-order valence-corrected chi connectivity index (χ0v) is 15.9. The number of hydrogen-bond acceptors (Lipinski definition) is 4. The molecule has 0 radical (unpaired) electrons. The first-order valence-electron chi connectivity index (χ1n) is 8.51. The fourth-order valence-corrected chi connectivity index (χ4v) is 3.22. The maximum absolute atomic E-state index is 12.4. The first-order chi connectivity index (χ1) is 12.2. The summed E-state index contributed by atoms with van der Waals surface area (Å²) in [5.74, 6) is 1.84. The largest absolute Gasteiger partial charge is 0.496 e. The van der Waals surface area contributed by atoms with Crippen LogP contribution in [0.5, 0.6) is 11.5 Å². The summed E-state index contributed by atoms with van der Waals surface area (Å²) in [6.45, 7) is 2.42. The molecule has 3 rings (SSSR count). The van der Waals surface area contributed by atoms with Crippen LogP contribution >= 0.6 is 12.4 Å². The van der Waals surface area contributed by atoms with Crippen LogP contribution in [0.15, 0.2) is 42.5 Å². The van der Waals surface area contributed by atoms with Gasteiger partial charge < -0.3 is 20.1 Å². The van der Waals surface area contributed by atoms with Gasteiger partial charge in [-0.05, 0) is 48.7 Å². The van der Waals surface area contributed by atoms with Crippen LogP contribution in [0, 0.1) is 0 Å². The molecule has 1 aliphatic rings. The van der Waals surface area contributed by atoms with E-state index in [4.69, 9.17) is 9.47 Å². The molecule has 1 aliphatic heterocycles. The molecule has 5 nitrogen and oxygen atoms in total. The summed E-state index contributed by atoms with van der Waals surface area (Å²) >= 11 is 0. The van der Waals surface area contributed by atoms with Crippen molar-refractivity contribution in [3.8, 4) is 11.5 Å². The van der Waals surface area contributed by atoms with Crippen LogP contribution in [-0.2, 0) is 6.54 Å². The van der Waals surface area contributed by atoms with Crippen molar-refractivity contribution < 1.29 is 14.3 Å². The smallest absolute Gasteiger partial charge is 0.251 e. The molecule has 1 amide bonds. The third-order valence-electron chi connectivity index (χ3n) is 4.66. The van der Waals surface area contributed by atoms with E-state index in [1.165, 1.54) is 5.56 Å². The molecule has 1 saturated heterocycles. The van der Waals surface area contributed by atoms with Gasteiger partial charge in [0.15, 0.2) is 0 Å². The van der Waals surface area contributed by atoms with E-state index in [0.717, 1.165) is 25.1 Å². The standard InChI is InChI=1S/C20H24N2O3.ClH/c1-24-18-4-3-5-19(25-2)17(18)13-22-20(23)15-8-6-14(7-9-15)16-10-11-21-12-16;/h3-9,16,21H,10-13H2,1-2H3,(H,22,23);1H. The van der Waals surface area contributed by atoms with Crippen molar-refractivity contribution in [3.05, 3.63) is 59.2 Å². The van der Waals surface area contributed by atoms with Gasteiger partial charge in [0.1, 0.15) is 11.5 Å². The van der Waals surface area contributed by atoms with Crippen molar-refractivity contribution in [2.45, 2.75) is 18.9 Å². The van der Waals surface area contributed by atoms with Gasteiger partial charge in [0.05, 0.1) is 26.3 Å². The highest BCUT2D eigenvalue weighted by atomic mass is 35.5. The second-order valence-electron chi connectivity index (χ2n) is 6.14. The number of amides is 1. The number of carbonyl (C=O) groups is 1. The lowest BCUT2D eigenvalue weighted by Gasteiger charge is -2.14. The monoisotopic (exact) mass is 376 g/mol. The highest BCUT2D eigenvalue weighted by Gasteiger charge is 2.17. The summed E-state index contributed by atoms with van der Waals surface area (Å²) < 4.78 is 10.7. The van der Waals surface area contributed by atoms with Crippen molar-refractivity contribution >= 4 is 18.3 Å². The van der Waals surface area contributed by atoms with E-state index in [2.05, 4.69) is 22.8 Å². The minimum atomic E-state index is -0.107. The maximum Gasteiger partial charge on any atom is 0.251 e. The Kier molecular flexibility index (Phi) is 7.30. The Morgan fingerprint density at radius 2 is 1.77 bits per heavy atom. The Labute approximate surface area is 160 Å². The van der Waals surface area contributed by atoms with E-state index in [1.54, 1.807) is 14.2 Å². The zero-order chi connectivity index (χ0) is 17.6. The molecule has 1 atom stereocenters. The number of ether oxygens (including phenoxy) is 2. The minimum Gasteiger partial charge on any atom is -0.496 e. The molecule has 0 aliphatic carbocycles. The molecule has 1 heterocycles. The van der Waals surface area contributed by atoms with Gasteiger partial charge in [-0.2, -0.15) is 0 Å². The maximum atomic E-state index is 12.4. The molecule has 0 aromatic heterocycles. The number of nitrogens with one attached hydrogen (secondary N) is 2. The third kappa shape index (κ3) is 4.48. The molecular weight excluding hydrogens is 352 g/mol. The predicted molar refractivity (Wildman–Crippen MR) is 105 cm³/mol. The Bertz CT molecular complexity index is 706. The van der Waals surface area contributed by atoms with Gasteiger partial charge >= 0.3 is 0 Å². The molecule has 2 aromatic carbocycles. The van der Waals surface area contributed by atoms with Gasteiger partial charge in [-0.25, -0.2) is 0 Å². The molecular formula is C20H25ClN2O3. The SMILES string of the molecule is COc1cccc(OC)c1CNC(=O)c1ccc(C2CCNC2)cc1.Cl. The highest BCUT2D eigenvalue weighted by molar-refractivity contribution is 5.94. The van der Waals surface area contributed by atoms with Crippen LogP contribution in [0.25, 0.3) is 0 Å². The van der Waals surface area contributed by atoms with Crippen LogP contribution in [0.1, 0.15) is 33.8 Å². The molecule has 2 aromatic rings. The normalized spacial score (nSPS) is 15.8. The van der Waals surface area contributed by atoms with Gasteiger partial charge in [0, 0.05) is 12.1 Å². The van der Waals surface area contributed by atoms with E-state index in [-0.39, 0.29) is 18.3 Å². The Balaban J connectivity index is 0.00000243. The van der Waals surface area contributed by atoms with Crippen molar-refractivity contribution in [1.29, 1.82) is 0 Å². The van der Waals surface area contributed by atoms with Crippen molar-refractivity contribution in [3.63, 3.8) is 0 Å². The Morgan fingerprint density at radius 3 is 2.31 bits per heavy atom. The molecule has 0 bridgehead atoms. The average Bonchev–Trinajstić information content (AvgIpc) is 3.20. The van der Waals surface area contributed by atoms with Crippen LogP contribution < -0.4 is 20.1 Å². The number of hydrogen-bond donors (Lipinski definition) is 2. The molecule has 6 heteroatoms. The summed E-state index contributed by atoms with van der Waals surface area (Å²) in [7, 11) is 3.22. The Hall–Kier alpha value is -2.24. The average molecular weight is 377 g/mol. The molecule has 26 heavy (non-hydrogen) atoms. The van der Waals surface area contributed by atoms with Crippen LogP contribution in [0.3, 0.4) is 0 Å². The lowest BCUT2D eigenvalue weighted by molar-refractivity contribution is 0.0950. The van der Waals surface area contributed by atoms with Gasteiger partial charge in [0.2, 0.25) is 0 Å². The van der Waals surface area contributed by atoms with Gasteiger partial charge in [-0.3, -0.25) is 4.79 Å². The lowest BCUT2D eigenvalue weighted by Crippen LogP contribution is -2.23. The van der Waals surface area contributed by atoms with E-state index in [1.807, 2.05) is 30.3 Å². The lowest BCUT2D eigenvalue weighted by atomic mass is 9.97. The van der Waals surface area contributed by atoms with E-state index in [0.29, 0.717) is 29.5 Å². The number of methoxy groups -OCH3 is 2. The number of benzene rings is 2. The van der Waals surface area contributed by atoms with Gasteiger partial charge in [0.25, 0.3) is 5.91 Å². The highest BCUT2D eigenvalue weighted by Crippen LogP contribution is 2.28. The summed E-state index contributed by atoms with van der Waals surface area (Å²) in [5, 5.41) is 6.31. The molecule has 0 saturated carbocycles. The fourth-order valence-electron chi connectivity index (χ4n) is 3.22. The topological polar surface area (TPSA) is 59.6 Å². The second kappa shape index (κ2) is 9.46. The fraction of sp³-hybridized carbons (Fsp3) is 0.350. The number of rotatable bonds is 6. The van der Waals surface area contributed by atoms with Crippen LogP contribution in [0.4, 0.5) is 0 Å². The second-order valence-corrected chi connectivity index (χ2v) is 6.14. The molecule has 2 N–H and O–H groups in total. The summed E-state index contributed by atoms with van der Waals surface area (Å²) in [4.78, 5) is 12.4. The molecule has 0 spiro atoms. The first kappa shape index (κ1) is 20.1. The van der Waals surface area contributed by atoms with Crippen LogP contribution in [0.2, 0.25) is 0 Å². The molecule has 140 valence electrons. The zero-order valence-electron chi connectivity index (χ0n) is 15.1. The summed E-state index contributed by atoms with van der Waals surface area (Å²) in [6.07, 6.45) is 1.15. The van der Waals surface area contributed by atoms with E-state index >= 15 is 0 Å². The Morgan fingerprint density at radius 1 is 1.12 bits per heavy atom.